The summed E-state index contributed by atoms with van der Waals surface area (Å²) in [4.78, 5) is 39.4. The Kier molecular flexibility index (Phi) is 18.1. The minimum Gasteiger partial charge on any atom is -0.461 e. The molecule has 1 heterocycles. The summed E-state index contributed by atoms with van der Waals surface area (Å²) in [5, 5.41) is 0. The van der Waals surface area contributed by atoms with Crippen molar-refractivity contribution in [1.29, 1.82) is 0 Å². The van der Waals surface area contributed by atoms with Gasteiger partial charge >= 0.3 is 11.9 Å². The zero-order valence-corrected chi connectivity index (χ0v) is 24.3. The van der Waals surface area contributed by atoms with Crippen molar-refractivity contribution < 1.29 is 32.6 Å². The van der Waals surface area contributed by atoms with Crippen molar-refractivity contribution >= 4 is 23.4 Å². The number of hydrogen-bond acceptors (Lipinski definition) is 5. The van der Waals surface area contributed by atoms with Crippen molar-refractivity contribution in [1.82, 2.24) is 9.47 Å². The summed E-state index contributed by atoms with van der Waals surface area (Å²) >= 11 is 0. The normalized spacial score (nSPS) is 11.1. The van der Waals surface area contributed by atoms with Crippen LogP contribution >= 0.6 is 0 Å². The number of nitrogens with zero attached hydrogens (tertiary/aromatic N) is 2. The summed E-state index contributed by atoms with van der Waals surface area (Å²) in [6.07, 6.45) is 5.56. The number of carbonyl (C=O) groups is 3. The smallest absolute Gasteiger partial charge is 0.354 e. The van der Waals surface area contributed by atoms with Crippen LogP contribution in [0.15, 0.2) is 55.5 Å². The number of esters is 2. The van der Waals surface area contributed by atoms with E-state index >= 15 is 0 Å². The molecule has 0 unspecified atom stereocenters. The topological polar surface area (TPSA) is 77.8 Å². The fraction of sp³-hybridized carbons (Fsp3) is 0.483. The molecule has 0 aliphatic rings. The van der Waals surface area contributed by atoms with Gasteiger partial charge in [-0.25, -0.2) is 18.4 Å². The molecule has 9 heteroatoms. The maximum atomic E-state index is 13.0. The molecule has 0 fully saturated rings. The monoisotopic (exact) mass is 538 g/mol. The van der Waals surface area contributed by atoms with E-state index in [9.17, 15) is 23.2 Å². The number of alkyl halides is 1. The third-order valence-electron chi connectivity index (χ3n) is 4.18. The molecule has 0 aliphatic carbocycles. The molecule has 0 saturated carbocycles. The average molecular weight is 539 g/mol. The van der Waals surface area contributed by atoms with Crippen LogP contribution in [0.5, 0.6) is 0 Å². The van der Waals surface area contributed by atoms with E-state index in [1.807, 2.05) is 34.6 Å². The Morgan fingerprint density at radius 2 is 1.68 bits per heavy atom. The minimum atomic E-state index is -1.06. The summed E-state index contributed by atoms with van der Waals surface area (Å²) in [5.41, 5.74) is 0.663. The molecule has 214 valence electrons. The highest BCUT2D eigenvalue weighted by Crippen LogP contribution is 2.23. The van der Waals surface area contributed by atoms with Gasteiger partial charge in [0.15, 0.2) is 0 Å². The number of allylic oxidation sites excluding steroid dienone is 3. The first-order chi connectivity index (χ1) is 17.7. The molecule has 0 N–H and O–H groups in total. The van der Waals surface area contributed by atoms with Crippen LogP contribution in [0, 0.1) is 5.41 Å². The molecule has 38 heavy (non-hydrogen) atoms. The number of amides is 1. The second-order valence-corrected chi connectivity index (χ2v) is 9.15. The van der Waals surface area contributed by atoms with Gasteiger partial charge in [0.25, 0.3) is 5.91 Å². The van der Waals surface area contributed by atoms with Crippen LogP contribution < -0.4 is 0 Å². The lowest BCUT2D eigenvalue weighted by Gasteiger charge is -2.27. The van der Waals surface area contributed by atoms with Crippen LogP contribution in [-0.2, 0) is 26.1 Å². The van der Waals surface area contributed by atoms with Crippen molar-refractivity contribution in [2.75, 3.05) is 19.8 Å². The van der Waals surface area contributed by atoms with Gasteiger partial charge in [0.2, 0.25) is 0 Å². The Morgan fingerprint density at radius 1 is 1.16 bits per heavy atom. The molecule has 0 spiro atoms. The number of rotatable bonds is 10. The van der Waals surface area contributed by atoms with Crippen molar-refractivity contribution in [2.24, 2.45) is 12.5 Å². The van der Waals surface area contributed by atoms with Crippen molar-refractivity contribution in [2.45, 2.75) is 61.5 Å². The maximum Gasteiger partial charge on any atom is 0.354 e. The Morgan fingerprint density at radius 3 is 2.11 bits per heavy atom. The van der Waals surface area contributed by atoms with Gasteiger partial charge in [-0.2, -0.15) is 0 Å². The number of ether oxygens (including phenoxy) is 2. The van der Waals surface area contributed by atoms with Gasteiger partial charge in [-0.1, -0.05) is 59.9 Å². The predicted octanol–water partition coefficient (Wildman–Crippen LogP) is 6.58. The molecular weight excluding hydrogens is 494 g/mol. The van der Waals surface area contributed by atoms with Gasteiger partial charge in [-0.15, -0.1) is 0 Å². The SMILES string of the molecule is C=C(F)CF.C=C/C=C/C(=O)N(/C=C(/C(=O)OC(C)C)c1ccc(C(=O)OCC)n1C)CC(C)(C)C.CC. The van der Waals surface area contributed by atoms with Gasteiger partial charge in [0, 0.05) is 25.9 Å². The molecule has 0 atom stereocenters. The molecule has 1 aromatic rings. The molecule has 0 aliphatic heterocycles. The lowest BCUT2D eigenvalue weighted by Crippen LogP contribution is -2.33. The van der Waals surface area contributed by atoms with E-state index in [1.165, 1.54) is 23.3 Å². The van der Waals surface area contributed by atoms with Crippen molar-refractivity contribution in [3.05, 3.63) is 66.9 Å². The first-order valence-electron chi connectivity index (χ1n) is 12.4. The Balaban J connectivity index is 0. The van der Waals surface area contributed by atoms with Crippen LogP contribution in [0.4, 0.5) is 8.78 Å². The summed E-state index contributed by atoms with van der Waals surface area (Å²) in [6, 6.07) is 3.22. The second kappa shape index (κ2) is 18.7. The highest BCUT2D eigenvalue weighted by atomic mass is 19.2. The van der Waals surface area contributed by atoms with E-state index in [1.54, 1.807) is 50.6 Å². The van der Waals surface area contributed by atoms with Crippen LogP contribution in [0.1, 0.15) is 71.6 Å². The molecule has 0 aromatic carbocycles. The molecule has 0 saturated heterocycles. The fourth-order valence-electron chi connectivity index (χ4n) is 2.79. The summed E-state index contributed by atoms with van der Waals surface area (Å²) in [7, 11) is 1.66. The van der Waals surface area contributed by atoms with Crippen molar-refractivity contribution in [3.8, 4) is 0 Å². The van der Waals surface area contributed by atoms with Gasteiger partial charge in [-0.3, -0.25) is 4.79 Å². The standard InChI is InChI=1S/C24H34N2O5.C3H4F2.C2H6/c1-9-11-12-21(27)26(16-24(5,6)7)15-18(22(28)31-17(3)4)19-13-14-20(25(19)8)23(29)30-10-2;1-3(5)2-4;1-2/h9,11-15,17H,1,10,16H2,2-8H3;1-2H2;1-2H3/b12-11+,18-15+;;. The zero-order valence-electron chi connectivity index (χ0n) is 24.3. The highest BCUT2D eigenvalue weighted by Gasteiger charge is 2.25. The van der Waals surface area contributed by atoms with E-state index in [2.05, 4.69) is 13.2 Å². The third-order valence-corrected chi connectivity index (χ3v) is 4.18. The molecule has 0 bridgehead atoms. The average Bonchev–Trinajstić information content (AvgIpc) is 3.21. The lowest BCUT2D eigenvalue weighted by atomic mass is 9.96. The second-order valence-electron chi connectivity index (χ2n) is 9.15. The van der Waals surface area contributed by atoms with E-state index in [0.717, 1.165) is 0 Å². The third kappa shape index (κ3) is 14.3. The molecule has 1 aromatic heterocycles. The number of carbonyl (C=O) groups excluding carboxylic acids is 3. The van der Waals surface area contributed by atoms with E-state index in [0.29, 0.717) is 17.9 Å². The zero-order chi connectivity index (χ0) is 30.1. The van der Waals surface area contributed by atoms with Gasteiger partial charge in [-0.05, 0) is 38.3 Å². The van der Waals surface area contributed by atoms with Gasteiger partial charge in [0.05, 0.1) is 24.0 Å². The Bertz CT molecular complexity index is 986. The molecule has 1 rings (SSSR count). The van der Waals surface area contributed by atoms with Crippen LogP contribution in [0.2, 0.25) is 0 Å². The Labute approximate surface area is 226 Å². The summed E-state index contributed by atoms with van der Waals surface area (Å²) in [5.74, 6) is -2.30. The fourth-order valence-corrected chi connectivity index (χ4v) is 2.79. The molecule has 1 amide bonds. The largest absolute Gasteiger partial charge is 0.461 e. The lowest BCUT2D eigenvalue weighted by molar-refractivity contribution is -0.140. The summed E-state index contributed by atoms with van der Waals surface area (Å²) < 4.78 is 33.6. The highest BCUT2D eigenvalue weighted by molar-refractivity contribution is 6.16. The van der Waals surface area contributed by atoms with Crippen LogP contribution in [0.25, 0.3) is 5.57 Å². The number of aromatic nitrogens is 1. The first-order valence-corrected chi connectivity index (χ1v) is 12.4. The first kappa shape index (κ1) is 36.7. The number of hydrogen-bond donors (Lipinski definition) is 0. The van der Waals surface area contributed by atoms with E-state index < -0.39 is 24.4 Å². The molecule has 7 nitrogen and oxygen atoms in total. The van der Waals surface area contributed by atoms with Crippen LogP contribution in [-0.4, -0.2) is 53.2 Å². The molecular formula is C29H44F2N2O5. The minimum absolute atomic E-state index is 0.163. The Hall–Kier alpha value is -3.49. The van der Waals surface area contributed by atoms with Gasteiger partial charge < -0.3 is 18.9 Å². The van der Waals surface area contributed by atoms with Gasteiger partial charge in [0.1, 0.15) is 18.2 Å². The predicted molar refractivity (Wildman–Crippen MR) is 149 cm³/mol. The maximum absolute atomic E-state index is 13.0. The summed E-state index contributed by atoms with van der Waals surface area (Å²) in [6.45, 7) is 21.0. The number of halogens is 2. The van der Waals surface area contributed by atoms with Crippen molar-refractivity contribution in [3.63, 3.8) is 0 Å². The van der Waals surface area contributed by atoms with E-state index in [-0.39, 0.29) is 29.6 Å². The van der Waals surface area contributed by atoms with E-state index in [4.69, 9.17) is 9.47 Å². The molecule has 0 radical (unpaired) electrons. The van der Waals surface area contributed by atoms with Crippen LogP contribution in [0.3, 0.4) is 0 Å². The quantitative estimate of drug-likeness (QED) is 0.191.